The van der Waals surface area contributed by atoms with E-state index in [1.165, 1.54) is 5.56 Å². The molecule has 0 fully saturated rings. The SMILES string of the molecule is CCOC(=O)Nc1ccc(NC(Cc2ccccc2)c2ccccc2)nc1N. The first-order valence-electron chi connectivity index (χ1n) is 9.21. The predicted molar refractivity (Wildman–Crippen MR) is 112 cm³/mol. The summed E-state index contributed by atoms with van der Waals surface area (Å²) in [5.41, 5.74) is 8.80. The van der Waals surface area contributed by atoms with Gasteiger partial charge in [0, 0.05) is 0 Å². The Bertz CT molecular complexity index is 901. The molecule has 1 aromatic heterocycles. The number of nitrogens with one attached hydrogen (secondary N) is 2. The van der Waals surface area contributed by atoms with Crippen molar-refractivity contribution in [3.8, 4) is 0 Å². The summed E-state index contributed by atoms with van der Waals surface area (Å²) in [4.78, 5) is 16.0. The van der Waals surface area contributed by atoms with Crippen LogP contribution in [0, 0.1) is 0 Å². The summed E-state index contributed by atoms with van der Waals surface area (Å²) in [6, 6.07) is 24.0. The van der Waals surface area contributed by atoms with Crippen LogP contribution in [0.3, 0.4) is 0 Å². The number of anilines is 3. The molecular weight excluding hydrogens is 352 g/mol. The topological polar surface area (TPSA) is 89.3 Å². The van der Waals surface area contributed by atoms with Crippen molar-refractivity contribution in [3.05, 3.63) is 83.9 Å². The predicted octanol–water partition coefficient (Wildman–Crippen LogP) is 4.63. The monoisotopic (exact) mass is 376 g/mol. The van der Waals surface area contributed by atoms with E-state index < -0.39 is 6.09 Å². The lowest BCUT2D eigenvalue weighted by atomic mass is 9.99. The molecule has 0 bridgehead atoms. The van der Waals surface area contributed by atoms with Gasteiger partial charge in [-0.2, -0.15) is 0 Å². The van der Waals surface area contributed by atoms with Crippen molar-refractivity contribution in [2.75, 3.05) is 23.0 Å². The van der Waals surface area contributed by atoms with Crippen LogP contribution in [0.1, 0.15) is 24.1 Å². The third kappa shape index (κ3) is 5.23. The van der Waals surface area contributed by atoms with E-state index in [1.54, 1.807) is 19.1 Å². The van der Waals surface area contributed by atoms with Crippen LogP contribution < -0.4 is 16.4 Å². The normalized spacial score (nSPS) is 11.5. The van der Waals surface area contributed by atoms with Crippen LogP contribution in [0.2, 0.25) is 0 Å². The molecule has 3 rings (SSSR count). The number of hydrogen-bond donors (Lipinski definition) is 3. The Hall–Kier alpha value is -3.54. The summed E-state index contributed by atoms with van der Waals surface area (Å²) in [7, 11) is 0. The summed E-state index contributed by atoms with van der Waals surface area (Å²) < 4.78 is 4.87. The molecule has 2 aromatic carbocycles. The molecule has 6 nitrogen and oxygen atoms in total. The first-order valence-corrected chi connectivity index (χ1v) is 9.21. The molecule has 0 spiro atoms. The van der Waals surface area contributed by atoms with Crippen molar-refractivity contribution in [2.24, 2.45) is 0 Å². The molecule has 0 radical (unpaired) electrons. The Morgan fingerprint density at radius 3 is 2.36 bits per heavy atom. The van der Waals surface area contributed by atoms with Gasteiger partial charge in [-0.1, -0.05) is 60.7 Å². The van der Waals surface area contributed by atoms with E-state index in [0.717, 1.165) is 12.0 Å². The van der Waals surface area contributed by atoms with Gasteiger partial charge in [0.05, 0.1) is 18.3 Å². The number of rotatable bonds is 7. The van der Waals surface area contributed by atoms with Crippen LogP contribution in [0.5, 0.6) is 0 Å². The van der Waals surface area contributed by atoms with Crippen molar-refractivity contribution >= 4 is 23.4 Å². The van der Waals surface area contributed by atoms with Crippen LogP contribution in [0.4, 0.5) is 22.1 Å². The first kappa shape index (κ1) is 19.2. The fourth-order valence-electron chi connectivity index (χ4n) is 2.90. The average molecular weight is 376 g/mol. The highest BCUT2D eigenvalue weighted by Gasteiger charge is 2.14. The average Bonchev–Trinajstić information content (AvgIpc) is 2.71. The van der Waals surface area contributed by atoms with Gasteiger partial charge in [0.2, 0.25) is 0 Å². The van der Waals surface area contributed by atoms with Gasteiger partial charge in [0.1, 0.15) is 11.6 Å². The number of amides is 1. The van der Waals surface area contributed by atoms with E-state index >= 15 is 0 Å². The lowest BCUT2D eigenvalue weighted by Gasteiger charge is -2.21. The smallest absolute Gasteiger partial charge is 0.411 e. The maximum atomic E-state index is 11.6. The minimum Gasteiger partial charge on any atom is -0.450 e. The van der Waals surface area contributed by atoms with Crippen LogP contribution >= 0.6 is 0 Å². The quantitative estimate of drug-likeness (QED) is 0.559. The molecule has 0 aliphatic heterocycles. The Morgan fingerprint density at radius 1 is 1.04 bits per heavy atom. The minimum absolute atomic E-state index is 0.0272. The van der Waals surface area contributed by atoms with Crippen molar-refractivity contribution in [2.45, 2.75) is 19.4 Å². The third-order valence-electron chi connectivity index (χ3n) is 4.24. The fourth-order valence-corrected chi connectivity index (χ4v) is 2.90. The summed E-state index contributed by atoms with van der Waals surface area (Å²) in [5, 5.41) is 6.04. The number of benzene rings is 2. The zero-order valence-corrected chi connectivity index (χ0v) is 15.8. The zero-order chi connectivity index (χ0) is 19.8. The standard InChI is InChI=1S/C22H24N4O2/c1-2-28-22(27)25-18-13-14-20(26-21(18)23)24-19(17-11-7-4-8-12-17)15-16-9-5-3-6-10-16/h3-14,19H,2,15H2,1H3,(H,25,27)(H3,23,24,26). The second-order valence-electron chi connectivity index (χ2n) is 6.27. The molecular formula is C22H24N4O2. The van der Waals surface area contributed by atoms with Gasteiger partial charge in [-0.15, -0.1) is 0 Å². The van der Waals surface area contributed by atoms with Crippen LogP contribution in [-0.2, 0) is 11.2 Å². The molecule has 1 atom stereocenters. The molecule has 0 saturated heterocycles. The Labute approximate surface area is 164 Å². The number of carbonyl (C=O) groups is 1. The van der Waals surface area contributed by atoms with Crippen LogP contribution in [0.25, 0.3) is 0 Å². The van der Waals surface area contributed by atoms with Gasteiger partial charge in [0.25, 0.3) is 0 Å². The number of hydrogen-bond acceptors (Lipinski definition) is 5. The molecule has 0 aliphatic rings. The molecule has 1 heterocycles. The van der Waals surface area contributed by atoms with Crippen LogP contribution in [0.15, 0.2) is 72.8 Å². The van der Waals surface area contributed by atoms with E-state index in [1.807, 2.05) is 36.4 Å². The molecule has 6 heteroatoms. The van der Waals surface area contributed by atoms with E-state index in [2.05, 4.69) is 39.9 Å². The molecule has 4 N–H and O–H groups in total. The number of carbonyl (C=O) groups excluding carboxylic acids is 1. The maximum Gasteiger partial charge on any atom is 0.411 e. The molecule has 0 saturated carbocycles. The summed E-state index contributed by atoms with van der Waals surface area (Å²) >= 11 is 0. The van der Waals surface area contributed by atoms with E-state index in [0.29, 0.717) is 11.5 Å². The molecule has 1 amide bonds. The summed E-state index contributed by atoms with van der Waals surface area (Å²) in [6.45, 7) is 2.03. The van der Waals surface area contributed by atoms with E-state index in [4.69, 9.17) is 10.5 Å². The molecule has 1 unspecified atom stereocenters. The van der Waals surface area contributed by atoms with Crippen molar-refractivity contribution in [1.82, 2.24) is 4.98 Å². The number of nitrogen functional groups attached to an aromatic ring is 1. The highest BCUT2D eigenvalue weighted by Crippen LogP contribution is 2.25. The summed E-state index contributed by atoms with van der Waals surface area (Å²) in [5.74, 6) is 0.862. The lowest BCUT2D eigenvalue weighted by Crippen LogP contribution is -2.17. The second-order valence-corrected chi connectivity index (χ2v) is 6.27. The third-order valence-corrected chi connectivity index (χ3v) is 4.24. The number of nitrogens with zero attached hydrogens (tertiary/aromatic N) is 1. The fraction of sp³-hybridized carbons (Fsp3) is 0.182. The molecule has 28 heavy (non-hydrogen) atoms. The van der Waals surface area contributed by atoms with Crippen molar-refractivity contribution in [3.63, 3.8) is 0 Å². The van der Waals surface area contributed by atoms with Gasteiger partial charge < -0.3 is 15.8 Å². The van der Waals surface area contributed by atoms with E-state index in [-0.39, 0.29) is 18.5 Å². The van der Waals surface area contributed by atoms with Gasteiger partial charge in [-0.25, -0.2) is 9.78 Å². The molecule has 144 valence electrons. The van der Waals surface area contributed by atoms with Gasteiger partial charge >= 0.3 is 6.09 Å². The number of ether oxygens (including phenoxy) is 1. The van der Waals surface area contributed by atoms with Gasteiger partial charge in [-0.05, 0) is 36.6 Å². The number of aromatic nitrogens is 1. The van der Waals surface area contributed by atoms with Gasteiger partial charge in [0.15, 0.2) is 0 Å². The molecule has 3 aromatic rings. The van der Waals surface area contributed by atoms with Crippen molar-refractivity contribution in [1.29, 1.82) is 0 Å². The maximum absolute atomic E-state index is 11.6. The second kappa shape index (κ2) is 9.41. The molecule has 0 aliphatic carbocycles. The Kier molecular flexibility index (Phi) is 6.46. The van der Waals surface area contributed by atoms with Crippen LogP contribution in [-0.4, -0.2) is 17.7 Å². The number of nitrogens with two attached hydrogens (primary N) is 1. The largest absolute Gasteiger partial charge is 0.450 e. The highest BCUT2D eigenvalue weighted by molar-refractivity contribution is 5.88. The van der Waals surface area contributed by atoms with Crippen molar-refractivity contribution < 1.29 is 9.53 Å². The Morgan fingerprint density at radius 2 is 1.71 bits per heavy atom. The lowest BCUT2D eigenvalue weighted by molar-refractivity contribution is 0.168. The van der Waals surface area contributed by atoms with E-state index in [9.17, 15) is 4.79 Å². The summed E-state index contributed by atoms with van der Waals surface area (Å²) in [6.07, 6.45) is 0.248. The number of pyridine rings is 1. The highest BCUT2D eigenvalue weighted by atomic mass is 16.5. The Balaban J connectivity index is 1.78. The first-order chi connectivity index (χ1) is 13.7. The minimum atomic E-state index is -0.553. The zero-order valence-electron chi connectivity index (χ0n) is 15.8. The van der Waals surface area contributed by atoms with Gasteiger partial charge in [-0.3, -0.25) is 5.32 Å².